The van der Waals surface area contributed by atoms with Crippen molar-refractivity contribution < 1.29 is 14.3 Å². The summed E-state index contributed by atoms with van der Waals surface area (Å²) in [7, 11) is 0. The number of aromatic nitrogens is 2. The minimum Gasteiger partial charge on any atom is -0.463 e. The number of halogens is 1. The maximum atomic E-state index is 12.5. The first kappa shape index (κ1) is 28.3. The molecule has 42 heavy (non-hydrogen) atoms. The summed E-state index contributed by atoms with van der Waals surface area (Å²) < 4.78 is 11.9. The quantitative estimate of drug-likeness (QED) is 0.190. The molecule has 1 saturated carbocycles. The molecule has 3 aliphatic rings. The van der Waals surface area contributed by atoms with Gasteiger partial charge >= 0.3 is 6.01 Å². The number of carbonyl (C=O) groups is 1. The molecule has 9 nitrogen and oxygen atoms in total. The third-order valence-electron chi connectivity index (χ3n) is 8.14. The minimum absolute atomic E-state index is 0.144. The number of fused-ring (bicyclic) bond motifs is 2. The lowest BCUT2D eigenvalue weighted by atomic mass is 10.0. The van der Waals surface area contributed by atoms with Gasteiger partial charge in [-0.25, -0.2) is 6.57 Å². The first-order chi connectivity index (χ1) is 20.6. The average Bonchev–Trinajstić information content (AvgIpc) is 3.84. The smallest absolute Gasteiger partial charge is 0.318 e. The largest absolute Gasteiger partial charge is 0.463 e. The number of hydrogen-bond acceptors (Lipinski definition) is 7. The lowest BCUT2D eigenvalue weighted by Crippen LogP contribution is -2.56. The highest BCUT2D eigenvalue weighted by molar-refractivity contribution is 6.36. The Labute approximate surface area is 251 Å². The molecule has 1 aromatic heterocycles. The van der Waals surface area contributed by atoms with Crippen molar-refractivity contribution in [1.29, 1.82) is 0 Å². The third-order valence-corrected chi connectivity index (χ3v) is 8.45. The molecule has 1 atom stereocenters. The summed E-state index contributed by atoms with van der Waals surface area (Å²) in [5.74, 6) is 0.690. The van der Waals surface area contributed by atoms with Crippen LogP contribution in [0, 0.1) is 6.57 Å². The number of rotatable bonds is 10. The van der Waals surface area contributed by atoms with Crippen LogP contribution >= 0.6 is 11.6 Å². The zero-order valence-corrected chi connectivity index (χ0v) is 24.4. The van der Waals surface area contributed by atoms with Gasteiger partial charge in [0.2, 0.25) is 12.5 Å². The molecule has 1 amide bonds. The highest BCUT2D eigenvalue weighted by Gasteiger charge is 2.35. The Hall–Kier alpha value is -3.87. The van der Waals surface area contributed by atoms with Crippen molar-refractivity contribution in [2.45, 2.75) is 44.4 Å². The van der Waals surface area contributed by atoms with Gasteiger partial charge in [-0.1, -0.05) is 42.4 Å². The summed E-state index contributed by atoms with van der Waals surface area (Å²) in [5.41, 5.74) is 3.09. The molecule has 0 bridgehead atoms. The fourth-order valence-corrected chi connectivity index (χ4v) is 6.16. The Bertz CT molecular complexity index is 1510. The van der Waals surface area contributed by atoms with Gasteiger partial charge in [0.05, 0.1) is 36.6 Å². The van der Waals surface area contributed by atoms with E-state index in [4.69, 9.17) is 37.6 Å². The zero-order chi connectivity index (χ0) is 29.1. The number of amides is 1. The predicted octanol–water partition coefficient (Wildman–Crippen LogP) is 4.92. The lowest BCUT2D eigenvalue weighted by molar-refractivity contribution is -0.128. The fourth-order valence-electron chi connectivity index (χ4n) is 5.88. The van der Waals surface area contributed by atoms with Gasteiger partial charge in [0.25, 0.3) is 0 Å². The lowest BCUT2D eigenvalue weighted by Gasteiger charge is -2.41. The van der Waals surface area contributed by atoms with Gasteiger partial charge < -0.3 is 29.0 Å². The van der Waals surface area contributed by atoms with Crippen LogP contribution in [0.5, 0.6) is 6.01 Å². The van der Waals surface area contributed by atoms with Gasteiger partial charge in [0.1, 0.15) is 11.9 Å². The van der Waals surface area contributed by atoms with Gasteiger partial charge in [-0.05, 0) is 42.9 Å². The SMILES string of the molecule is [C-]#[N+]C[C@H]1CN(c2nc(OCCCOC3CC3)nc3c2CCN(c2cccc4cccc(Cl)c24)C3)CCN1C(=O)C=C. The topological polar surface area (TPSA) is 75.4 Å². The van der Waals surface area contributed by atoms with Crippen molar-refractivity contribution in [1.82, 2.24) is 14.9 Å². The summed E-state index contributed by atoms with van der Waals surface area (Å²) in [5, 5.41) is 2.87. The Morgan fingerprint density at radius 1 is 1.12 bits per heavy atom. The van der Waals surface area contributed by atoms with E-state index in [1.807, 2.05) is 12.1 Å². The first-order valence-corrected chi connectivity index (χ1v) is 15.0. The zero-order valence-electron chi connectivity index (χ0n) is 23.7. The number of ether oxygens (including phenoxy) is 2. The maximum Gasteiger partial charge on any atom is 0.318 e. The Balaban J connectivity index is 1.29. The predicted molar refractivity (Wildman–Crippen MR) is 164 cm³/mol. The fraction of sp³-hybridized carbons (Fsp3) is 0.438. The second-order valence-electron chi connectivity index (χ2n) is 11.0. The highest BCUT2D eigenvalue weighted by atomic mass is 35.5. The molecule has 10 heteroatoms. The van der Waals surface area contributed by atoms with E-state index in [0.717, 1.165) is 70.8 Å². The van der Waals surface area contributed by atoms with Gasteiger partial charge in [-0.3, -0.25) is 4.79 Å². The van der Waals surface area contributed by atoms with Crippen LogP contribution in [0.1, 0.15) is 30.5 Å². The second kappa shape index (κ2) is 12.6. The van der Waals surface area contributed by atoms with Crippen molar-refractivity contribution in [3.8, 4) is 6.01 Å². The molecular formula is C32H35ClN6O3. The summed E-state index contributed by atoms with van der Waals surface area (Å²) >= 11 is 6.68. The van der Waals surface area contributed by atoms with Crippen LogP contribution in [0.4, 0.5) is 11.5 Å². The third kappa shape index (κ3) is 6.01. The van der Waals surface area contributed by atoms with E-state index < -0.39 is 0 Å². The van der Waals surface area contributed by atoms with E-state index in [0.29, 0.717) is 51.5 Å². The van der Waals surface area contributed by atoms with Crippen LogP contribution < -0.4 is 14.5 Å². The second-order valence-corrected chi connectivity index (χ2v) is 11.4. The monoisotopic (exact) mass is 586 g/mol. The molecule has 2 aliphatic heterocycles. The number of nitrogens with zero attached hydrogens (tertiary/aromatic N) is 6. The van der Waals surface area contributed by atoms with E-state index in [-0.39, 0.29) is 18.5 Å². The van der Waals surface area contributed by atoms with Crippen molar-refractivity contribution >= 4 is 39.8 Å². The van der Waals surface area contributed by atoms with Gasteiger partial charge in [0.15, 0.2) is 0 Å². The average molecular weight is 587 g/mol. The molecule has 2 fully saturated rings. The van der Waals surface area contributed by atoms with Crippen LogP contribution in [0.25, 0.3) is 15.6 Å². The summed E-state index contributed by atoms with van der Waals surface area (Å²) in [6, 6.07) is 12.4. The molecule has 1 aliphatic carbocycles. The number of hydrogen-bond donors (Lipinski definition) is 0. The van der Waals surface area contributed by atoms with Crippen molar-refractivity contribution in [2.24, 2.45) is 0 Å². The molecule has 0 unspecified atom stereocenters. The summed E-state index contributed by atoms with van der Waals surface area (Å²) in [6.45, 7) is 15.5. The summed E-state index contributed by atoms with van der Waals surface area (Å²) in [4.78, 5) is 32.2. The summed E-state index contributed by atoms with van der Waals surface area (Å²) in [6.07, 6.45) is 5.56. The van der Waals surface area contributed by atoms with E-state index in [2.05, 4.69) is 45.5 Å². The number of carbonyl (C=O) groups excluding carboxylic acids is 1. The van der Waals surface area contributed by atoms with Crippen molar-refractivity contribution in [3.63, 3.8) is 0 Å². The molecule has 2 aromatic carbocycles. The molecule has 218 valence electrons. The van der Waals surface area contributed by atoms with E-state index in [1.54, 1.807) is 4.90 Å². The van der Waals surface area contributed by atoms with Crippen LogP contribution in [-0.4, -0.2) is 78.9 Å². The molecule has 6 rings (SSSR count). The van der Waals surface area contributed by atoms with E-state index in [9.17, 15) is 4.79 Å². The van der Waals surface area contributed by atoms with Gasteiger partial charge in [-0.2, -0.15) is 9.97 Å². The Kier molecular flexibility index (Phi) is 8.45. The Morgan fingerprint density at radius 2 is 1.95 bits per heavy atom. The van der Waals surface area contributed by atoms with Crippen LogP contribution in [-0.2, 0) is 22.5 Å². The molecule has 0 spiro atoms. The molecular weight excluding hydrogens is 552 g/mol. The number of anilines is 2. The first-order valence-electron chi connectivity index (χ1n) is 14.6. The molecule has 3 heterocycles. The van der Waals surface area contributed by atoms with Gasteiger partial charge in [0, 0.05) is 49.2 Å². The van der Waals surface area contributed by atoms with E-state index in [1.165, 1.54) is 6.08 Å². The minimum atomic E-state index is -0.241. The van der Waals surface area contributed by atoms with Crippen molar-refractivity contribution in [3.05, 3.63) is 76.8 Å². The van der Waals surface area contributed by atoms with Crippen LogP contribution in [0.3, 0.4) is 0 Å². The standard InChI is InChI=1S/C32H35ClN6O3/c1-3-29(40)39-16-15-38(20-23(39)19-34-2)31-25-13-14-37(28-10-5-8-22-7-4-9-26(33)30(22)28)21-27(25)35-32(36-31)42-18-6-17-41-24-11-12-24/h3-5,7-10,23-24H,1,6,11-21H2/t23-/m0/s1. The normalized spacial score (nSPS) is 18.5. The van der Waals surface area contributed by atoms with E-state index >= 15 is 0 Å². The van der Waals surface area contributed by atoms with Crippen molar-refractivity contribution in [2.75, 3.05) is 55.7 Å². The molecule has 1 saturated heterocycles. The molecule has 0 N–H and O–H groups in total. The maximum absolute atomic E-state index is 12.5. The van der Waals surface area contributed by atoms with Gasteiger partial charge in [-0.15, -0.1) is 0 Å². The molecule has 0 radical (unpaired) electrons. The van der Waals surface area contributed by atoms with Crippen LogP contribution in [0.15, 0.2) is 49.1 Å². The van der Waals surface area contributed by atoms with Crippen LogP contribution in [0.2, 0.25) is 5.02 Å². The number of piperazine rings is 1. The number of benzene rings is 2. The highest BCUT2D eigenvalue weighted by Crippen LogP contribution is 2.37. The Morgan fingerprint density at radius 3 is 2.74 bits per heavy atom. The molecule has 3 aromatic rings.